The molecular formula is C39H64N2O7. The summed E-state index contributed by atoms with van der Waals surface area (Å²) in [7, 11) is 1.57. The predicted molar refractivity (Wildman–Crippen MR) is 182 cm³/mol. The Kier molecular flexibility index (Phi) is 8.61. The molecule has 0 radical (unpaired) electrons. The Hall–Kier alpha value is -1.42. The summed E-state index contributed by atoms with van der Waals surface area (Å²) < 4.78 is 25.1. The van der Waals surface area contributed by atoms with Gasteiger partial charge in [0.2, 0.25) is 5.91 Å². The van der Waals surface area contributed by atoms with Crippen LogP contribution in [0.5, 0.6) is 0 Å². The number of fused-ring (bicyclic) bond motifs is 4. The summed E-state index contributed by atoms with van der Waals surface area (Å²) in [5, 5.41) is 14.9. The van der Waals surface area contributed by atoms with Crippen molar-refractivity contribution < 1.29 is 33.6 Å². The third kappa shape index (κ3) is 4.82. The second kappa shape index (κ2) is 11.8. The van der Waals surface area contributed by atoms with E-state index in [4.69, 9.17) is 18.9 Å². The van der Waals surface area contributed by atoms with E-state index >= 15 is 0 Å². The van der Waals surface area contributed by atoms with Gasteiger partial charge in [-0.05, 0) is 115 Å². The lowest BCUT2D eigenvalue weighted by atomic mass is 9.41. The summed E-state index contributed by atoms with van der Waals surface area (Å²) in [6.07, 6.45) is 10.5. The largest absolute Gasteiger partial charge is 0.447 e. The number of rotatable bonds is 6. The number of carbonyl (C=O) groups excluding carboxylic acids is 2. The zero-order valence-electron chi connectivity index (χ0n) is 29.7. The standard InChI is InChI=1S/C38H60N2O7.CH4/c1-22-17-24(20-45-33(43)39-6)46-31-30(22)35(4)13-14-38-21-37(38)12-11-27(34(2,3)25(37)9-10-26(38)36(35,5)32(31)42)47-29-19-40(15-16-44-29)28(41)18-23-7-8-23;/h22-27,29-32,42H,7-21H2,1-6H3,(H,39,43);1H4/t22-,24?,25+,26?,27+,29+,30+,31?,32+,35-,36-,37-,38+;/m1./s1. The van der Waals surface area contributed by atoms with Crippen molar-refractivity contribution in [3.63, 3.8) is 0 Å². The molecule has 3 unspecified atom stereocenters. The predicted octanol–water partition coefficient (Wildman–Crippen LogP) is 6.16. The van der Waals surface area contributed by atoms with Gasteiger partial charge in [-0.25, -0.2) is 4.79 Å². The summed E-state index contributed by atoms with van der Waals surface area (Å²) in [6.45, 7) is 14.1. The minimum Gasteiger partial charge on any atom is -0.447 e. The average molecular weight is 673 g/mol. The Bertz CT molecular complexity index is 1270. The first-order valence-corrected chi connectivity index (χ1v) is 19.0. The number of carbonyl (C=O) groups is 2. The summed E-state index contributed by atoms with van der Waals surface area (Å²) in [4.78, 5) is 26.7. The van der Waals surface area contributed by atoms with Crippen molar-refractivity contribution >= 4 is 12.0 Å². The fraction of sp³-hybridized carbons (Fsp3) is 0.949. The Balaban J connectivity index is 0.00000364. The summed E-state index contributed by atoms with van der Waals surface area (Å²) in [6, 6.07) is 0. The van der Waals surface area contributed by atoms with Crippen molar-refractivity contribution in [3.05, 3.63) is 0 Å². The summed E-state index contributed by atoms with van der Waals surface area (Å²) in [5.41, 5.74) is 0.388. The monoisotopic (exact) mass is 672 g/mol. The van der Waals surface area contributed by atoms with Gasteiger partial charge in [0.25, 0.3) is 0 Å². The van der Waals surface area contributed by atoms with E-state index in [0.29, 0.717) is 61.1 Å². The zero-order valence-corrected chi connectivity index (χ0v) is 29.7. The highest BCUT2D eigenvalue weighted by Gasteiger charge is 2.84. The van der Waals surface area contributed by atoms with Gasteiger partial charge < -0.3 is 34.3 Å². The number of ether oxygens (including phenoxy) is 4. The number of aliphatic hydroxyl groups is 1. The van der Waals surface area contributed by atoms with Gasteiger partial charge in [-0.15, -0.1) is 0 Å². The fourth-order valence-corrected chi connectivity index (χ4v) is 13.8. The number of nitrogens with one attached hydrogen (secondary N) is 1. The molecule has 2 spiro atoms. The molecule has 2 heterocycles. The highest BCUT2D eigenvalue weighted by Crippen LogP contribution is 2.89. The van der Waals surface area contributed by atoms with E-state index < -0.39 is 12.2 Å². The van der Waals surface area contributed by atoms with Gasteiger partial charge in [-0.1, -0.05) is 42.0 Å². The molecule has 8 aliphatic rings. The number of aliphatic hydroxyl groups excluding tert-OH is 1. The normalized spacial score (nSPS) is 50.0. The molecule has 9 heteroatoms. The number of nitrogens with zero attached hydrogens (tertiary/aromatic N) is 1. The van der Waals surface area contributed by atoms with Crippen molar-refractivity contribution in [2.24, 2.45) is 56.7 Å². The zero-order chi connectivity index (χ0) is 33.1. The van der Waals surface area contributed by atoms with Crippen molar-refractivity contribution in [1.82, 2.24) is 10.2 Å². The number of hydrogen-bond acceptors (Lipinski definition) is 7. The van der Waals surface area contributed by atoms with Gasteiger partial charge in [0.05, 0.1) is 37.6 Å². The van der Waals surface area contributed by atoms with Crippen LogP contribution in [0.2, 0.25) is 0 Å². The number of hydrogen-bond donors (Lipinski definition) is 2. The first-order chi connectivity index (χ1) is 22.3. The molecule has 48 heavy (non-hydrogen) atoms. The van der Waals surface area contributed by atoms with E-state index in [1.807, 2.05) is 4.90 Å². The highest BCUT2D eigenvalue weighted by molar-refractivity contribution is 5.76. The van der Waals surface area contributed by atoms with Gasteiger partial charge in [0.1, 0.15) is 6.61 Å². The molecule has 2 aliphatic heterocycles. The van der Waals surface area contributed by atoms with Crippen LogP contribution < -0.4 is 5.32 Å². The second-order valence-electron chi connectivity index (χ2n) is 18.4. The molecule has 9 nitrogen and oxygen atoms in total. The molecule has 8 rings (SSSR count). The van der Waals surface area contributed by atoms with Crippen molar-refractivity contribution in [3.8, 4) is 0 Å². The third-order valence-corrected chi connectivity index (χ3v) is 16.3. The van der Waals surface area contributed by atoms with Gasteiger partial charge in [0.15, 0.2) is 6.29 Å². The van der Waals surface area contributed by atoms with Crippen molar-refractivity contribution in [1.29, 1.82) is 0 Å². The molecule has 0 aromatic carbocycles. The lowest BCUT2D eigenvalue weighted by molar-refractivity contribution is -0.248. The minimum atomic E-state index is -0.527. The molecule has 0 aromatic heterocycles. The van der Waals surface area contributed by atoms with E-state index in [0.717, 1.165) is 25.7 Å². The molecule has 2 saturated heterocycles. The highest BCUT2D eigenvalue weighted by atomic mass is 16.7. The first-order valence-electron chi connectivity index (χ1n) is 19.0. The molecule has 272 valence electrons. The maximum absolute atomic E-state index is 12.9. The van der Waals surface area contributed by atoms with E-state index in [-0.39, 0.29) is 66.2 Å². The summed E-state index contributed by atoms with van der Waals surface area (Å²) >= 11 is 0. The van der Waals surface area contributed by atoms with Crippen LogP contribution in [0.15, 0.2) is 0 Å². The van der Waals surface area contributed by atoms with Crippen LogP contribution in [-0.4, -0.2) is 86.1 Å². The lowest BCUT2D eigenvalue weighted by Gasteiger charge is -2.64. The molecular weight excluding hydrogens is 608 g/mol. The van der Waals surface area contributed by atoms with E-state index in [9.17, 15) is 14.7 Å². The molecule has 0 bridgehead atoms. The molecule has 2 N–H and O–H groups in total. The Morgan fingerprint density at radius 3 is 2.46 bits per heavy atom. The summed E-state index contributed by atoms with van der Waals surface area (Å²) in [5.74, 6) is 2.61. The number of alkyl carbamates (subject to hydrolysis) is 1. The Morgan fingerprint density at radius 1 is 1.00 bits per heavy atom. The van der Waals surface area contributed by atoms with Crippen molar-refractivity contribution in [2.75, 3.05) is 33.4 Å². The van der Waals surface area contributed by atoms with E-state index in [1.165, 1.54) is 38.5 Å². The van der Waals surface area contributed by atoms with Gasteiger partial charge >= 0.3 is 6.09 Å². The van der Waals surface area contributed by atoms with E-state index in [2.05, 4.69) is 39.9 Å². The lowest BCUT2D eigenvalue weighted by Crippen LogP contribution is -2.60. The van der Waals surface area contributed by atoms with Crippen LogP contribution in [0.25, 0.3) is 0 Å². The number of morpholine rings is 1. The number of amides is 2. The molecule has 6 saturated carbocycles. The molecule has 6 aliphatic carbocycles. The van der Waals surface area contributed by atoms with Gasteiger partial charge in [-0.2, -0.15) is 0 Å². The van der Waals surface area contributed by atoms with Crippen LogP contribution in [0.3, 0.4) is 0 Å². The smallest absolute Gasteiger partial charge is 0.406 e. The SMILES string of the molecule is C.CNC(=O)OCC1C[C@@H](C)[C@H]2C(O1)[C@H](O)[C@@]1(C)C3CC[C@H]4C(C)(C)[C@@H](O[C@H]5CN(C(=O)CC6CC6)CCO5)CC[C@@]45C[C@@]35CC[C@]21C. The Morgan fingerprint density at radius 2 is 1.73 bits per heavy atom. The molecule has 0 aromatic rings. The van der Waals surface area contributed by atoms with Gasteiger partial charge in [-0.3, -0.25) is 4.79 Å². The average Bonchev–Trinajstić information content (AvgIpc) is 3.96. The second-order valence-corrected chi connectivity index (χ2v) is 18.4. The van der Waals surface area contributed by atoms with Crippen LogP contribution in [0, 0.1) is 56.7 Å². The fourth-order valence-electron chi connectivity index (χ4n) is 13.8. The maximum atomic E-state index is 12.9. The first kappa shape index (κ1) is 35.0. The quantitative estimate of drug-likeness (QED) is 0.348. The maximum Gasteiger partial charge on any atom is 0.406 e. The van der Waals surface area contributed by atoms with Crippen LogP contribution >= 0.6 is 0 Å². The van der Waals surface area contributed by atoms with Crippen LogP contribution in [-0.2, 0) is 23.7 Å². The molecule has 2 amide bonds. The van der Waals surface area contributed by atoms with Gasteiger partial charge in [0, 0.05) is 25.4 Å². The molecule has 8 fully saturated rings. The van der Waals surface area contributed by atoms with Crippen LogP contribution in [0.1, 0.15) is 113 Å². The minimum absolute atomic E-state index is 0. The van der Waals surface area contributed by atoms with Crippen molar-refractivity contribution in [2.45, 2.75) is 143 Å². The topological polar surface area (TPSA) is 107 Å². The third-order valence-electron chi connectivity index (χ3n) is 16.3. The van der Waals surface area contributed by atoms with Crippen LogP contribution in [0.4, 0.5) is 4.79 Å². The Labute approximate surface area is 288 Å². The molecule has 13 atom stereocenters. The van der Waals surface area contributed by atoms with E-state index in [1.54, 1.807) is 7.05 Å².